The third kappa shape index (κ3) is 1.76. The van der Waals surface area contributed by atoms with Crippen molar-refractivity contribution in [3.63, 3.8) is 0 Å². The minimum absolute atomic E-state index is 0.396. The molecular weight excluding hydrogens is 152 g/mol. The van der Waals surface area contributed by atoms with Crippen LogP contribution in [0.1, 0.15) is 13.3 Å². The molecule has 5 nitrogen and oxygen atoms in total. The Labute approximate surface area is 62.3 Å². The van der Waals surface area contributed by atoms with Crippen LogP contribution in [0.4, 0.5) is 4.79 Å². The molecule has 0 aliphatic carbocycles. The Hall–Kier alpha value is -1.39. The maximum atomic E-state index is 10.8. The Balaban J connectivity index is 2.74. The second-order valence-corrected chi connectivity index (χ2v) is 2.13. The molecule has 1 aliphatic rings. The van der Waals surface area contributed by atoms with Crippen molar-refractivity contribution < 1.29 is 23.9 Å². The molecule has 0 spiro atoms. The first kappa shape index (κ1) is 7.71. The maximum absolute atomic E-state index is 10.8. The molecule has 0 aromatic carbocycles. The predicted octanol–water partition coefficient (Wildman–Crippen LogP) is 0.0275. The number of hydrogen-bond donors (Lipinski definition) is 0. The smallest absolute Gasteiger partial charge is 0.423 e. The van der Waals surface area contributed by atoms with Gasteiger partial charge in [0.05, 0.1) is 0 Å². The molecule has 0 aromatic heterocycles. The highest BCUT2D eigenvalue weighted by molar-refractivity contribution is 6.02. The molecule has 1 atom stereocenters. The molecule has 0 bridgehead atoms. The van der Waals surface area contributed by atoms with E-state index in [1.54, 1.807) is 0 Å². The van der Waals surface area contributed by atoms with E-state index in [1.807, 2.05) is 0 Å². The van der Waals surface area contributed by atoms with Gasteiger partial charge >= 0.3 is 12.1 Å². The highest BCUT2D eigenvalue weighted by Gasteiger charge is 2.28. The highest BCUT2D eigenvalue weighted by atomic mass is 16.7. The molecular formula is C6H6O5. The molecule has 0 N–H and O–H groups in total. The Morgan fingerprint density at radius 2 is 2.00 bits per heavy atom. The van der Waals surface area contributed by atoms with Crippen molar-refractivity contribution in [1.82, 2.24) is 0 Å². The zero-order valence-corrected chi connectivity index (χ0v) is 5.83. The molecule has 60 valence electrons. The van der Waals surface area contributed by atoms with E-state index in [0.29, 0.717) is 0 Å². The van der Waals surface area contributed by atoms with Crippen LogP contribution < -0.4 is 0 Å². The van der Waals surface area contributed by atoms with Gasteiger partial charge in [-0.2, -0.15) is 0 Å². The largest absolute Gasteiger partial charge is 0.516 e. The Kier molecular flexibility index (Phi) is 1.89. The first-order valence-corrected chi connectivity index (χ1v) is 3.03. The third-order valence-corrected chi connectivity index (χ3v) is 1.24. The van der Waals surface area contributed by atoms with Gasteiger partial charge in [0.25, 0.3) is 0 Å². The summed E-state index contributed by atoms with van der Waals surface area (Å²) in [5.74, 6) is -1.30. The fourth-order valence-corrected chi connectivity index (χ4v) is 0.649. The SMILES string of the molecule is CC1OC(=O)OC(=O)CC1=O. The summed E-state index contributed by atoms with van der Waals surface area (Å²) in [5, 5.41) is 0. The number of esters is 1. The van der Waals surface area contributed by atoms with Crippen LogP contribution in [0.25, 0.3) is 0 Å². The molecule has 0 aromatic rings. The van der Waals surface area contributed by atoms with Crippen LogP contribution in [-0.2, 0) is 19.1 Å². The van der Waals surface area contributed by atoms with E-state index in [1.165, 1.54) is 6.92 Å². The van der Waals surface area contributed by atoms with Gasteiger partial charge in [-0.15, -0.1) is 0 Å². The lowest BCUT2D eigenvalue weighted by atomic mass is 10.2. The van der Waals surface area contributed by atoms with Crippen molar-refractivity contribution in [3.8, 4) is 0 Å². The van der Waals surface area contributed by atoms with Crippen LogP contribution >= 0.6 is 0 Å². The number of Topliss-reactive ketones (excluding diaryl/α,β-unsaturated/α-hetero) is 1. The van der Waals surface area contributed by atoms with Gasteiger partial charge in [-0.25, -0.2) is 4.79 Å². The second-order valence-electron chi connectivity index (χ2n) is 2.13. The molecule has 1 aliphatic heterocycles. The van der Waals surface area contributed by atoms with Crippen molar-refractivity contribution in [3.05, 3.63) is 0 Å². The van der Waals surface area contributed by atoms with E-state index in [9.17, 15) is 14.4 Å². The molecule has 0 radical (unpaired) electrons. The Bertz CT molecular complexity index is 219. The summed E-state index contributed by atoms with van der Waals surface area (Å²) in [7, 11) is 0. The van der Waals surface area contributed by atoms with Crippen molar-refractivity contribution in [2.24, 2.45) is 0 Å². The Morgan fingerprint density at radius 3 is 2.64 bits per heavy atom. The van der Waals surface area contributed by atoms with E-state index >= 15 is 0 Å². The molecule has 1 saturated heterocycles. The Morgan fingerprint density at radius 1 is 1.36 bits per heavy atom. The average Bonchev–Trinajstić information content (AvgIpc) is 1.93. The minimum Gasteiger partial charge on any atom is -0.423 e. The lowest BCUT2D eigenvalue weighted by molar-refractivity contribution is -0.139. The summed E-state index contributed by atoms with van der Waals surface area (Å²) in [6.07, 6.45) is -2.38. The lowest BCUT2D eigenvalue weighted by Crippen LogP contribution is -2.19. The zero-order valence-electron chi connectivity index (χ0n) is 5.83. The van der Waals surface area contributed by atoms with E-state index in [2.05, 4.69) is 9.47 Å². The molecule has 5 heteroatoms. The van der Waals surface area contributed by atoms with Crippen LogP contribution in [0.5, 0.6) is 0 Å². The average molecular weight is 158 g/mol. The van der Waals surface area contributed by atoms with Crippen LogP contribution in [-0.4, -0.2) is 24.0 Å². The van der Waals surface area contributed by atoms with Gasteiger partial charge in [-0.05, 0) is 6.92 Å². The summed E-state index contributed by atoms with van der Waals surface area (Å²) < 4.78 is 8.39. The number of ether oxygens (including phenoxy) is 2. The van der Waals surface area contributed by atoms with E-state index < -0.39 is 30.4 Å². The van der Waals surface area contributed by atoms with Gasteiger partial charge in [-0.1, -0.05) is 0 Å². The number of ketones is 1. The highest BCUT2D eigenvalue weighted by Crippen LogP contribution is 2.06. The standard InChI is InChI=1S/C6H6O5/c1-3-4(7)2-5(8)11-6(9)10-3/h3H,2H2,1H3. The molecule has 1 heterocycles. The van der Waals surface area contributed by atoms with Crippen molar-refractivity contribution in [2.45, 2.75) is 19.4 Å². The zero-order chi connectivity index (χ0) is 8.43. The van der Waals surface area contributed by atoms with Crippen molar-refractivity contribution >= 4 is 17.9 Å². The van der Waals surface area contributed by atoms with Gasteiger partial charge in [0.2, 0.25) is 0 Å². The molecule has 1 rings (SSSR count). The number of rotatable bonds is 0. The van der Waals surface area contributed by atoms with Gasteiger partial charge < -0.3 is 9.47 Å². The molecule has 1 fully saturated rings. The van der Waals surface area contributed by atoms with E-state index in [-0.39, 0.29) is 0 Å². The van der Waals surface area contributed by atoms with E-state index in [0.717, 1.165) is 0 Å². The van der Waals surface area contributed by atoms with Crippen LogP contribution in [0.15, 0.2) is 0 Å². The fraction of sp³-hybridized carbons (Fsp3) is 0.500. The predicted molar refractivity (Wildman–Crippen MR) is 31.7 cm³/mol. The second kappa shape index (κ2) is 2.69. The lowest BCUT2D eigenvalue weighted by Gasteiger charge is -2.02. The van der Waals surface area contributed by atoms with E-state index in [4.69, 9.17) is 0 Å². The quantitative estimate of drug-likeness (QED) is 0.367. The summed E-state index contributed by atoms with van der Waals surface area (Å²) in [4.78, 5) is 31.7. The molecule has 1 unspecified atom stereocenters. The summed E-state index contributed by atoms with van der Waals surface area (Å²) >= 11 is 0. The number of carbonyl (C=O) groups is 3. The van der Waals surface area contributed by atoms with Gasteiger partial charge in [0.15, 0.2) is 11.9 Å². The van der Waals surface area contributed by atoms with Gasteiger partial charge in [0.1, 0.15) is 6.42 Å². The summed E-state index contributed by atoms with van der Waals surface area (Å²) in [6.45, 7) is 1.39. The first-order chi connectivity index (χ1) is 5.09. The van der Waals surface area contributed by atoms with Crippen molar-refractivity contribution in [2.75, 3.05) is 0 Å². The normalized spacial score (nSPS) is 25.5. The topological polar surface area (TPSA) is 69.7 Å². The fourth-order valence-electron chi connectivity index (χ4n) is 0.649. The monoisotopic (exact) mass is 158 g/mol. The number of cyclic esters (lactones) is 3. The number of hydrogen-bond acceptors (Lipinski definition) is 5. The molecule has 0 saturated carbocycles. The summed E-state index contributed by atoms with van der Waals surface area (Å²) in [6, 6.07) is 0. The number of carbonyl (C=O) groups excluding carboxylic acids is 3. The van der Waals surface area contributed by atoms with Crippen LogP contribution in [0.3, 0.4) is 0 Å². The first-order valence-electron chi connectivity index (χ1n) is 3.03. The minimum atomic E-state index is -1.10. The maximum Gasteiger partial charge on any atom is 0.516 e. The molecule has 11 heavy (non-hydrogen) atoms. The van der Waals surface area contributed by atoms with Gasteiger partial charge in [0, 0.05) is 0 Å². The molecule has 0 amide bonds. The van der Waals surface area contributed by atoms with Crippen molar-refractivity contribution in [1.29, 1.82) is 0 Å². The van der Waals surface area contributed by atoms with Crippen LogP contribution in [0.2, 0.25) is 0 Å². The summed E-state index contributed by atoms with van der Waals surface area (Å²) in [5.41, 5.74) is 0. The van der Waals surface area contributed by atoms with Crippen LogP contribution in [0, 0.1) is 0 Å². The third-order valence-electron chi connectivity index (χ3n) is 1.24. The van der Waals surface area contributed by atoms with Gasteiger partial charge in [-0.3, -0.25) is 9.59 Å².